The highest BCUT2D eigenvalue weighted by atomic mass is 32.1. The Morgan fingerprint density at radius 3 is 2.57 bits per heavy atom. The maximum atomic E-state index is 13.5. The number of hydrogen-bond donors (Lipinski definition) is 0. The van der Waals surface area contributed by atoms with Gasteiger partial charge in [-0.2, -0.15) is 0 Å². The summed E-state index contributed by atoms with van der Waals surface area (Å²) in [5, 5.41) is 2.15. The van der Waals surface area contributed by atoms with Crippen LogP contribution < -0.4 is 0 Å². The molecular weight excluding hydrogens is 278 g/mol. The molecule has 1 aliphatic carbocycles. The number of Topliss-reactive ketones (excluding diaryl/α,β-unsaturated/α-hetero) is 1. The van der Waals surface area contributed by atoms with E-state index in [1.807, 2.05) is 0 Å². The largest absolute Gasteiger partial charge is 0.320 e. The minimum atomic E-state index is -0.179. The van der Waals surface area contributed by atoms with E-state index in [-0.39, 0.29) is 11.5 Å². The zero-order valence-corrected chi connectivity index (χ0v) is 14.4. The average Bonchev–Trinajstić information content (AvgIpc) is 3.01. The smallest absolute Gasteiger partial charge is 0.201 e. The zero-order chi connectivity index (χ0) is 15.1. The average molecular weight is 306 g/mol. The van der Waals surface area contributed by atoms with Crippen LogP contribution in [0.25, 0.3) is 0 Å². The second-order valence-corrected chi connectivity index (χ2v) is 8.52. The Hall–Kier alpha value is -0.670. The molecule has 1 saturated heterocycles. The van der Waals surface area contributed by atoms with Gasteiger partial charge in [-0.25, -0.2) is 0 Å². The first-order valence-corrected chi connectivity index (χ1v) is 9.27. The van der Waals surface area contributed by atoms with E-state index in [4.69, 9.17) is 0 Å². The monoisotopic (exact) mass is 306 g/mol. The molecule has 0 unspecified atom stereocenters. The molecule has 2 atom stereocenters. The summed E-state index contributed by atoms with van der Waals surface area (Å²) < 4.78 is 0.846. The van der Waals surface area contributed by atoms with Gasteiger partial charge >= 0.3 is 0 Å². The molecule has 0 amide bonds. The molecule has 1 aromatic heterocycles. The van der Waals surface area contributed by atoms with E-state index >= 15 is 0 Å². The molecule has 1 saturated carbocycles. The fraction of sp³-hybridized carbons (Fsp3) is 0.722. The van der Waals surface area contributed by atoms with Crippen LogP contribution in [0.5, 0.6) is 0 Å². The summed E-state index contributed by atoms with van der Waals surface area (Å²) in [6.45, 7) is 3.26. The minimum absolute atomic E-state index is 0.114. The Morgan fingerprint density at radius 1 is 1.24 bits per heavy atom. The maximum absolute atomic E-state index is 13.5. The first-order chi connectivity index (χ1) is 9.98. The van der Waals surface area contributed by atoms with Crippen LogP contribution in [-0.4, -0.2) is 36.9 Å². The molecule has 0 spiro atoms. The molecule has 2 aliphatic rings. The first kappa shape index (κ1) is 15.2. The highest BCUT2D eigenvalue weighted by Crippen LogP contribution is 2.49. The highest BCUT2D eigenvalue weighted by Gasteiger charge is 2.56. The van der Waals surface area contributed by atoms with Gasteiger partial charge in [-0.3, -0.25) is 4.79 Å². The number of thiophene rings is 1. The number of carbonyl (C=O) groups excluding carboxylic acids is 1. The zero-order valence-electron chi connectivity index (χ0n) is 13.6. The van der Waals surface area contributed by atoms with Crippen molar-refractivity contribution in [2.24, 2.45) is 5.92 Å². The molecule has 1 aliphatic heterocycles. The molecule has 116 valence electrons. The number of carbonyl (C=O) groups is 1. The Kier molecular flexibility index (Phi) is 4.00. The van der Waals surface area contributed by atoms with Gasteiger partial charge in [-0.05, 0) is 37.1 Å². The Morgan fingerprint density at radius 2 is 1.95 bits per heavy atom. The van der Waals surface area contributed by atoms with Gasteiger partial charge in [0.1, 0.15) is 6.04 Å². The standard InChI is InChI=1S/C18H28NOS/c1-14-17(20)18(11-12-19(14,2)3,16-10-7-13-21-16)15-8-5-4-6-9-15/h7,10,13-15H,4-6,8-9,11-12H2,1-3H3/q+1/t14-,18+/m1/s1. The van der Waals surface area contributed by atoms with Crippen molar-refractivity contribution >= 4 is 17.1 Å². The van der Waals surface area contributed by atoms with E-state index in [9.17, 15) is 4.79 Å². The fourth-order valence-electron chi connectivity index (χ4n) is 4.45. The van der Waals surface area contributed by atoms with E-state index in [0.717, 1.165) is 17.4 Å². The molecule has 2 nitrogen and oxygen atoms in total. The molecule has 21 heavy (non-hydrogen) atoms. The van der Waals surface area contributed by atoms with Crippen molar-refractivity contribution < 1.29 is 9.28 Å². The Balaban J connectivity index is 2.03. The van der Waals surface area contributed by atoms with Gasteiger partial charge in [0.15, 0.2) is 0 Å². The highest BCUT2D eigenvalue weighted by molar-refractivity contribution is 7.10. The quantitative estimate of drug-likeness (QED) is 0.755. The summed E-state index contributed by atoms with van der Waals surface area (Å²) >= 11 is 1.80. The van der Waals surface area contributed by atoms with Gasteiger partial charge in [0.2, 0.25) is 5.78 Å². The summed E-state index contributed by atoms with van der Waals surface area (Å²) in [7, 11) is 4.42. The lowest BCUT2D eigenvalue weighted by Gasteiger charge is -2.50. The lowest BCUT2D eigenvalue weighted by Crippen LogP contribution is -2.64. The molecule has 0 radical (unpaired) electrons. The van der Waals surface area contributed by atoms with E-state index in [2.05, 4.69) is 38.5 Å². The number of hydrogen-bond acceptors (Lipinski definition) is 2. The number of nitrogens with zero attached hydrogens (tertiary/aromatic N) is 1. The van der Waals surface area contributed by atoms with Gasteiger partial charge in [0.05, 0.1) is 26.1 Å². The second kappa shape index (κ2) is 5.51. The van der Waals surface area contributed by atoms with Crippen LogP contribution in [0, 0.1) is 5.92 Å². The van der Waals surface area contributed by atoms with Crippen molar-refractivity contribution in [3.63, 3.8) is 0 Å². The first-order valence-electron chi connectivity index (χ1n) is 8.39. The van der Waals surface area contributed by atoms with E-state index in [1.54, 1.807) is 11.3 Å². The lowest BCUT2D eigenvalue weighted by molar-refractivity contribution is -0.907. The van der Waals surface area contributed by atoms with Gasteiger partial charge in [-0.15, -0.1) is 11.3 Å². The van der Waals surface area contributed by atoms with Crippen LogP contribution in [0.15, 0.2) is 17.5 Å². The Bertz CT molecular complexity index is 501. The van der Waals surface area contributed by atoms with Crippen molar-refractivity contribution in [2.75, 3.05) is 20.6 Å². The molecule has 1 aromatic rings. The summed E-state index contributed by atoms with van der Waals surface area (Å²) in [5.74, 6) is 1.08. The van der Waals surface area contributed by atoms with Gasteiger partial charge in [0.25, 0.3) is 0 Å². The molecule has 2 heterocycles. The van der Waals surface area contributed by atoms with Gasteiger partial charge < -0.3 is 4.48 Å². The Labute approximate surface area is 132 Å². The summed E-state index contributed by atoms with van der Waals surface area (Å²) in [4.78, 5) is 14.8. The van der Waals surface area contributed by atoms with Gasteiger partial charge in [-0.1, -0.05) is 25.3 Å². The normalized spacial score (nSPS) is 34.0. The summed E-state index contributed by atoms with van der Waals surface area (Å²) in [6.07, 6.45) is 7.47. The second-order valence-electron chi connectivity index (χ2n) is 7.58. The molecule has 0 aromatic carbocycles. The van der Waals surface area contributed by atoms with Crippen LogP contribution in [0.1, 0.15) is 50.3 Å². The predicted octanol–water partition coefficient (Wildman–Crippen LogP) is 4.00. The number of rotatable bonds is 2. The SMILES string of the molecule is C[C@@H]1C(=O)[C@](c2cccs2)(C2CCCCC2)CC[N+]1(C)C. The summed E-state index contributed by atoms with van der Waals surface area (Å²) in [5.41, 5.74) is -0.179. The molecule has 2 fully saturated rings. The van der Waals surface area contributed by atoms with Crippen molar-refractivity contribution in [3.05, 3.63) is 22.4 Å². The fourth-order valence-corrected chi connectivity index (χ4v) is 5.49. The third-order valence-corrected chi connectivity index (χ3v) is 7.26. The van der Waals surface area contributed by atoms with Crippen LogP contribution in [-0.2, 0) is 10.2 Å². The van der Waals surface area contributed by atoms with Crippen LogP contribution in [0.2, 0.25) is 0 Å². The summed E-state index contributed by atoms with van der Waals surface area (Å²) in [6, 6.07) is 4.45. The molecule has 0 N–H and O–H groups in total. The number of quaternary nitrogens is 1. The van der Waals surface area contributed by atoms with Crippen LogP contribution in [0.4, 0.5) is 0 Å². The number of piperidine rings is 1. The van der Waals surface area contributed by atoms with Crippen molar-refractivity contribution in [2.45, 2.75) is 56.9 Å². The molecule has 3 rings (SSSR count). The maximum Gasteiger partial charge on any atom is 0.201 e. The van der Waals surface area contributed by atoms with Gasteiger partial charge in [0, 0.05) is 11.3 Å². The molecule has 3 heteroatoms. The van der Waals surface area contributed by atoms with Crippen molar-refractivity contribution in [1.82, 2.24) is 0 Å². The minimum Gasteiger partial charge on any atom is -0.320 e. The van der Waals surface area contributed by atoms with Crippen LogP contribution >= 0.6 is 11.3 Å². The van der Waals surface area contributed by atoms with E-state index < -0.39 is 0 Å². The number of ketones is 1. The van der Waals surface area contributed by atoms with Crippen molar-refractivity contribution in [1.29, 1.82) is 0 Å². The van der Waals surface area contributed by atoms with E-state index in [1.165, 1.54) is 37.0 Å². The number of likely N-dealkylation sites (tertiary alicyclic amines) is 1. The molecule has 0 bridgehead atoms. The topological polar surface area (TPSA) is 17.1 Å². The van der Waals surface area contributed by atoms with Crippen LogP contribution in [0.3, 0.4) is 0 Å². The molecular formula is C18H28NOS+. The predicted molar refractivity (Wildman–Crippen MR) is 88.6 cm³/mol. The van der Waals surface area contributed by atoms with Crippen molar-refractivity contribution in [3.8, 4) is 0 Å². The lowest BCUT2D eigenvalue weighted by atomic mass is 9.60. The van der Waals surface area contributed by atoms with E-state index in [0.29, 0.717) is 11.7 Å². The third kappa shape index (κ3) is 2.39. The third-order valence-electron chi connectivity index (χ3n) is 6.21. The number of likely N-dealkylation sites (N-methyl/N-ethyl adjacent to an activating group) is 1.